The molecular formula is C16H14Se. The van der Waals surface area contributed by atoms with Crippen LogP contribution in [0.1, 0.15) is 11.1 Å². The second-order valence-corrected chi connectivity index (χ2v) is 6.05. The summed E-state index contributed by atoms with van der Waals surface area (Å²) in [5, 5.41) is 0. The third-order valence-corrected chi connectivity index (χ3v) is 4.60. The minimum atomic E-state index is 0.374. The summed E-state index contributed by atoms with van der Waals surface area (Å²) < 4.78 is 2.77. The first-order chi connectivity index (χ1) is 8.31. The van der Waals surface area contributed by atoms with E-state index in [1.54, 1.807) is 0 Å². The van der Waals surface area contributed by atoms with E-state index in [1.807, 2.05) is 12.2 Å². The predicted octanol–water partition coefficient (Wildman–Crippen LogP) is 2.63. The molecule has 0 radical (unpaired) electrons. The van der Waals surface area contributed by atoms with Crippen molar-refractivity contribution in [2.75, 3.05) is 0 Å². The molecule has 0 spiro atoms. The van der Waals surface area contributed by atoms with Crippen LogP contribution in [0.3, 0.4) is 0 Å². The zero-order valence-electron chi connectivity index (χ0n) is 9.60. The molecule has 0 bridgehead atoms. The Hall–Kier alpha value is -1.56. The first kappa shape index (κ1) is 11.9. The van der Waals surface area contributed by atoms with Crippen molar-refractivity contribution in [2.45, 2.75) is 0 Å². The average Bonchev–Trinajstić information content (AvgIpc) is 2.40. The summed E-state index contributed by atoms with van der Waals surface area (Å²) in [7, 11) is 0. The van der Waals surface area contributed by atoms with Crippen LogP contribution in [0.5, 0.6) is 0 Å². The van der Waals surface area contributed by atoms with Gasteiger partial charge in [-0.15, -0.1) is 0 Å². The fraction of sp³-hybridized carbons (Fsp3) is 0. The van der Waals surface area contributed by atoms with Gasteiger partial charge >= 0.3 is 109 Å². The topological polar surface area (TPSA) is 0 Å². The molecule has 2 aromatic rings. The minimum absolute atomic E-state index is 0.374. The molecule has 0 fully saturated rings. The van der Waals surface area contributed by atoms with Gasteiger partial charge in [0.05, 0.1) is 0 Å². The van der Waals surface area contributed by atoms with E-state index in [1.165, 1.54) is 20.1 Å². The Morgan fingerprint density at radius 2 is 1.00 bits per heavy atom. The molecule has 0 unspecified atom stereocenters. The average molecular weight is 285 g/mol. The molecule has 1 heteroatoms. The molecule has 84 valence electrons. The van der Waals surface area contributed by atoms with Gasteiger partial charge in [-0.1, -0.05) is 0 Å². The Balaban J connectivity index is 2.13. The Labute approximate surface area is 109 Å². The molecule has 2 rings (SSSR count). The monoisotopic (exact) mass is 286 g/mol. The van der Waals surface area contributed by atoms with Gasteiger partial charge in [0, 0.05) is 0 Å². The van der Waals surface area contributed by atoms with Crippen molar-refractivity contribution in [1.29, 1.82) is 0 Å². The normalized spacial score (nSPS) is 9.88. The summed E-state index contributed by atoms with van der Waals surface area (Å²) in [5.74, 6) is 0. The van der Waals surface area contributed by atoms with Gasteiger partial charge in [-0.25, -0.2) is 0 Å². The molecule has 0 aliphatic heterocycles. The van der Waals surface area contributed by atoms with Crippen LogP contribution >= 0.6 is 0 Å². The van der Waals surface area contributed by atoms with Gasteiger partial charge in [-0.2, -0.15) is 0 Å². The van der Waals surface area contributed by atoms with Gasteiger partial charge in [0.1, 0.15) is 0 Å². The molecule has 0 atom stereocenters. The standard InChI is InChI=1S/C16H14Se/c1-3-13-5-9-15(10-6-13)17-16-11-7-14(4-2)8-12-16/h3-12H,1-2H2. The maximum atomic E-state index is 3.76. The molecule has 17 heavy (non-hydrogen) atoms. The number of rotatable bonds is 4. The third kappa shape index (κ3) is 3.20. The first-order valence-electron chi connectivity index (χ1n) is 5.44. The summed E-state index contributed by atoms with van der Waals surface area (Å²) in [6.45, 7) is 7.52. The number of hydrogen-bond acceptors (Lipinski definition) is 0. The molecule has 0 nitrogen and oxygen atoms in total. The van der Waals surface area contributed by atoms with E-state index < -0.39 is 0 Å². The molecule has 2 aromatic carbocycles. The first-order valence-corrected chi connectivity index (χ1v) is 7.16. The van der Waals surface area contributed by atoms with E-state index >= 15 is 0 Å². The molecule has 0 aromatic heterocycles. The summed E-state index contributed by atoms with van der Waals surface area (Å²) in [5.41, 5.74) is 2.35. The summed E-state index contributed by atoms with van der Waals surface area (Å²) >= 11 is 0.374. The van der Waals surface area contributed by atoms with Gasteiger partial charge < -0.3 is 0 Å². The third-order valence-electron chi connectivity index (χ3n) is 2.47. The van der Waals surface area contributed by atoms with Crippen molar-refractivity contribution >= 4 is 36.0 Å². The van der Waals surface area contributed by atoms with Gasteiger partial charge in [-0.3, -0.25) is 0 Å². The Morgan fingerprint density at radius 1 is 0.647 bits per heavy atom. The van der Waals surface area contributed by atoms with Crippen LogP contribution in [0, 0.1) is 0 Å². The van der Waals surface area contributed by atoms with E-state index in [0.717, 1.165) is 0 Å². The molecular weight excluding hydrogens is 271 g/mol. The van der Waals surface area contributed by atoms with Crippen LogP contribution in [-0.4, -0.2) is 15.0 Å². The van der Waals surface area contributed by atoms with Crippen molar-refractivity contribution in [3.05, 3.63) is 72.8 Å². The quantitative estimate of drug-likeness (QED) is 0.758. The van der Waals surface area contributed by atoms with E-state index in [4.69, 9.17) is 0 Å². The fourth-order valence-electron chi connectivity index (χ4n) is 1.48. The van der Waals surface area contributed by atoms with Crippen molar-refractivity contribution in [2.24, 2.45) is 0 Å². The molecule has 0 heterocycles. The van der Waals surface area contributed by atoms with E-state index in [0.29, 0.717) is 15.0 Å². The number of benzene rings is 2. The van der Waals surface area contributed by atoms with Gasteiger partial charge in [0.15, 0.2) is 0 Å². The second kappa shape index (κ2) is 5.67. The molecule has 0 amide bonds. The summed E-state index contributed by atoms with van der Waals surface area (Å²) in [4.78, 5) is 0. The van der Waals surface area contributed by atoms with Crippen LogP contribution in [0.2, 0.25) is 0 Å². The Kier molecular flexibility index (Phi) is 3.98. The SMILES string of the molecule is C=Cc1ccc([Se]c2ccc(C=C)cc2)cc1. The predicted molar refractivity (Wildman–Crippen MR) is 78.1 cm³/mol. The van der Waals surface area contributed by atoms with Crippen molar-refractivity contribution in [1.82, 2.24) is 0 Å². The van der Waals surface area contributed by atoms with Crippen molar-refractivity contribution in [3.63, 3.8) is 0 Å². The van der Waals surface area contributed by atoms with E-state index in [2.05, 4.69) is 61.7 Å². The maximum absolute atomic E-state index is 3.76. The summed E-state index contributed by atoms with van der Waals surface area (Å²) in [6.07, 6.45) is 3.74. The summed E-state index contributed by atoms with van der Waals surface area (Å²) in [6, 6.07) is 17.2. The molecule has 0 aliphatic carbocycles. The van der Waals surface area contributed by atoms with E-state index in [9.17, 15) is 0 Å². The zero-order chi connectivity index (χ0) is 12.1. The molecule has 0 aliphatic rings. The molecule has 0 N–H and O–H groups in total. The van der Waals surface area contributed by atoms with Gasteiger partial charge in [-0.05, 0) is 0 Å². The second-order valence-electron chi connectivity index (χ2n) is 3.65. The van der Waals surface area contributed by atoms with Gasteiger partial charge in [0.25, 0.3) is 0 Å². The van der Waals surface area contributed by atoms with Gasteiger partial charge in [0.2, 0.25) is 0 Å². The Morgan fingerprint density at radius 3 is 1.29 bits per heavy atom. The zero-order valence-corrected chi connectivity index (χ0v) is 11.3. The van der Waals surface area contributed by atoms with Crippen molar-refractivity contribution < 1.29 is 0 Å². The fourth-order valence-corrected chi connectivity index (χ4v) is 3.19. The molecule has 0 saturated heterocycles. The van der Waals surface area contributed by atoms with E-state index in [-0.39, 0.29) is 0 Å². The van der Waals surface area contributed by atoms with Crippen molar-refractivity contribution in [3.8, 4) is 0 Å². The molecule has 0 saturated carbocycles. The van der Waals surface area contributed by atoms with Crippen LogP contribution in [0.4, 0.5) is 0 Å². The van der Waals surface area contributed by atoms with Crippen LogP contribution in [-0.2, 0) is 0 Å². The van der Waals surface area contributed by atoms with Crippen LogP contribution < -0.4 is 8.92 Å². The van der Waals surface area contributed by atoms with Crippen LogP contribution in [0.15, 0.2) is 61.7 Å². The van der Waals surface area contributed by atoms with Crippen LogP contribution in [0.25, 0.3) is 12.2 Å². The Bertz CT molecular complexity index is 457. The number of hydrogen-bond donors (Lipinski definition) is 0.